The first-order chi connectivity index (χ1) is 6.49. The lowest BCUT2D eigenvalue weighted by molar-refractivity contribution is 0.674. The molecule has 0 aromatic heterocycles. The van der Waals surface area contributed by atoms with Crippen molar-refractivity contribution in [3.63, 3.8) is 0 Å². The SMILES string of the molecule is C=C(CC(C)C)c1cc(N)cc(N)c1. The summed E-state index contributed by atoms with van der Waals surface area (Å²) in [6, 6.07) is 5.59. The number of rotatable bonds is 3. The molecular weight excluding hydrogens is 172 g/mol. The number of nitrogens with two attached hydrogens (primary N) is 2. The van der Waals surface area contributed by atoms with Gasteiger partial charge in [0, 0.05) is 11.4 Å². The average molecular weight is 190 g/mol. The maximum absolute atomic E-state index is 5.71. The normalized spacial score (nSPS) is 10.5. The van der Waals surface area contributed by atoms with Crippen molar-refractivity contribution in [3.05, 3.63) is 30.3 Å². The summed E-state index contributed by atoms with van der Waals surface area (Å²) in [7, 11) is 0. The van der Waals surface area contributed by atoms with Gasteiger partial charge in [-0.2, -0.15) is 0 Å². The summed E-state index contributed by atoms with van der Waals surface area (Å²) in [6.45, 7) is 8.37. The van der Waals surface area contributed by atoms with Crippen LogP contribution in [0.1, 0.15) is 25.8 Å². The van der Waals surface area contributed by atoms with Crippen molar-refractivity contribution in [2.75, 3.05) is 11.5 Å². The van der Waals surface area contributed by atoms with Gasteiger partial charge in [-0.05, 0) is 41.7 Å². The Balaban J connectivity index is 2.90. The van der Waals surface area contributed by atoms with Gasteiger partial charge >= 0.3 is 0 Å². The van der Waals surface area contributed by atoms with E-state index in [2.05, 4.69) is 20.4 Å². The van der Waals surface area contributed by atoms with Gasteiger partial charge in [0.1, 0.15) is 0 Å². The maximum Gasteiger partial charge on any atom is 0.0340 e. The number of anilines is 2. The van der Waals surface area contributed by atoms with Crippen molar-refractivity contribution in [1.82, 2.24) is 0 Å². The van der Waals surface area contributed by atoms with Gasteiger partial charge in [0.25, 0.3) is 0 Å². The van der Waals surface area contributed by atoms with Gasteiger partial charge in [-0.1, -0.05) is 20.4 Å². The smallest absolute Gasteiger partial charge is 0.0340 e. The van der Waals surface area contributed by atoms with E-state index in [4.69, 9.17) is 11.5 Å². The lowest BCUT2D eigenvalue weighted by atomic mass is 9.97. The quantitative estimate of drug-likeness (QED) is 0.720. The standard InChI is InChI=1S/C12H18N2/c1-8(2)4-9(3)10-5-11(13)7-12(14)6-10/h5-8H,3-4,13-14H2,1-2H3. The zero-order valence-electron chi connectivity index (χ0n) is 8.88. The zero-order valence-corrected chi connectivity index (χ0v) is 8.88. The van der Waals surface area contributed by atoms with Crippen molar-refractivity contribution in [2.45, 2.75) is 20.3 Å². The molecule has 1 rings (SSSR count). The molecule has 2 nitrogen and oxygen atoms in total. The van der Waals surface area contributed by atoms with Crippen molar-refractivity contribution >= 4 is 16.9 Å². The van der Waals surface area contributed by atoms with Crippen LogP contribution in [0.15, 0.2) is 24.8 Å². The molecule has 0 saturated carbocycles. The Morgan fingerprint density at radius 3 is 2.14 bits per heavy atom. The van der Waals surface area contributed by atoms with Gasteiger partial charge < -0.3 is 11.5 Å². The molecule has 0 fully saturated rings. The summed E-state index contributed by atoms with van der Waals surface area (Å²) in [6.07, 6.45) is 0.975. The zero-order chi connectivity index (χ0) is 10.7. The van der Waals surface area contributed by atoms with E-state index in [1.165, 1.54) is 0 Å². The second kappa shape index (κ2) is 4.18. The highest BCUT2D eigenvalue weighted by Crippen LogP contribution is 2.24. The molecule has 0 aliphatic rings. The third-order valence-electron chi connectivity index (χ3n) is 2.04. The van der Waals surface area contributed by atoms with Gasteiger partial charge in [0.05, 0.1) is 0 Å². The van der Waals surface area contributed by atoms with Crippen LogP contribution in [-0.2, 0) is 0 Å². The lowest BCUT2D eigenvalue weighted by Gasteiger charge is -2.10. The third-order valence-corrected chi connectivity index (χ3v) is 2.04. The van der Waals surface area contributed by atoms with Crippen LogP contribution in [0.5, 0.6) is 0 Å². The fourth-order valence-electron chi connectivity index (χ4n) is 1.49. The molecule has 4 N–H and O–H groups in total. The molecule has 0 saturated heterocycles. The molecule has 0 atom stereocenters. The van der Waals surface area contributed by atoms with Crippen LogP contribution in [0.25, 0.3) is 5.57 Å². The van der Waals surface area contributed by atoms with Crippen LogP contribution in [0.3, 0.4) is 0 Å². The Kier molecular flexibility index (Phi) is 3.18. The fourth-order valence-corrected chi connectivity index (χ4v) is 1.49. The molecule has 1 aromatic rings. The third kappa shape index (κ3) is 2.80. The monoisotopic (exact) mass is 190 g/mol. The summed E-state index contributed by atoms with van der Waals surface area (Å²) in [5.74, 6) is 0.602. The molecule has 2 heteroatoms. The summed E-state index contributed by atoms with van der Waals surface area (Å²) < 4.78 is 0. The summed E-state index contributed by atoms with van der Waals surface area (Å²) in [5.41, 5.74) is 15.0. The minimum Gasteiger partial charge on any atom is -0.399 e. The highest BCUT2D eigenvalue weighted by atomic mass is 14.6. The van der Waals surface area contributed by atoms with E-state index in [0.717, 1.165) is 17.6 Å². The largest absolute Gasteiger partial charge is 0.399 e. The molecule has 14 heavy (non-hydrogen) atoms. The number of hydrogen-bond donors (Lipinski definition) is 2. The van der Waals surface area contributed by atoms with Crippen LogP contribution in [0.4, 0.5) is 11.4 Å². The lowest BCUT2D eigenvalue weighted by Crippen LogP contribution is -1.95. The molecule has 0 spiro atoms. The molecule has 0 aliphatic heterocycles. The molecule has 0 bridgehead atoms. The second-order valence-corrected chi connectivity index (χ2v) is 4.09. The van der Waals surface area contributed by atoms with E-state index in [1.807, 2.05) is 12.1 Å². The maximum atomic E-state index is 5.71. The number of benzene rings is 1. The van der Waals surface area contributed by atoms with Crippen molar-refractivity contribution in [1.29, 1.82) is 0 Å². The van der Waals surface area contributed by atoms with Gasteiger partial charge in [-0.3, -0.25) is 0 Å². The van der Waals surface area contributed by atoms with E-state index < -0.39 is 0 Å². The average Bonchev–Trinajstić information content (AvgIpc) is 2.00. The topological polar surface area (TPSA) is 52.0 Å². The van der Waals surface area contributed by atoms with E-state index in [9.17, 15) is 0 Å². The number of nitrogen functional groups attached to an aromatic ring is 2. The van der Waals surface area contributed by atoms with Crippen molar-refractivity contribution in [3.8, 4) is 0 Å². The second-order valence-electron chi connectivity index (χ2n) is 4.09. The number of allylic oxidation sites excluding steroid dienone is 1. The van der Waals surface area contributed by atoms with Crippen LogP contribution in [0, 0.1) is 5.92 Å². The molecule has 0 aliphatic carbocycles. The van der Waals surface area contributed by atoms with Crippen molar-refractivity contribution < 1.29 is 0 Å². The summed E-state index contributed by atoms with van der Waals surface area (Å²) >= 11 is 0. The Hall–Kier alpha value is -1.44. The predicted octanol–water partition coefficient (Wildman–Crippen LogP) is 2.91. The molecule has 0 amide bonds. The Morgan fingerprint density at radius 1 is 1.21 bits per heavy atom. The minimum atomic E-state index is 0.602. The highest BCUT2D eigenvalue weighted by Gasteiger charge is 2.03. The summed E-state index contributed by atoms with van der Waals surface area (Å²) in [5, 5.41) is 0. The first-order valence-electron chi connectivity index (χ1n) is 4.83. The Bertz CT molecular complexity index is 320. The number of hydrogen-bond acceptors (Lipinski definition) is 2. The fraction of sp³-hybridized carbons (Fsp3) is 0.333. The first kappa shape index (κ1) is 10.6. The molecular formula is C12H18N2. The predicted molar refractivity (Wildman–Crippen MR) is 63.8 cm³/mol. The van der Waals surface area contributed by atoms with Crippen LogP contribution >= 0.6 is 0 Å². The van der Waals surface area contributed by atoms with E-state index >= 15 is 0 Å². The Morgan fingerprint density at radius 2 is 1.71 bits per heavy atom. The van der Waals surface area contributed by atoms with Crippen LogP contribution < -0.4 is 11.5 Å². The molecule has 1 aromatic carbocycles. The van der Waals surface area contributed by atoms with Gasteiger partial charge in [0.15, 0.2) is 0 Å². The van der Waals surface area contributed by atoms with E-state index in [1.54, 1.807) is 6.07 Å². The first-order valence-corrected chi connectivity index (χ1v) is 4.83. The van der Waals surface area contributed by atoms with Crippen molar-refractivity contribution in [2.24, 2.45) is 5.92 Å². The molecule has 76 valence electrons. The minimum absolute atomic E-state index is 0.602. The molecule has 0 unspecified atom stereocenters. The molecule has 0 heterocycles. The highest BCUT2D eigenvalue weighted by molar-refractivity contribution is 5.70. The summed E-state index contributed by atoms with van der Waals surface area (Å²) in [4.78, 5) is 0. The van der Waals surface area contributed by atoms with Gasteiger partial charge in [-0.25, -0.2) is 0 Å². The van der Waals surface area contributed by atoms with Gasteiger partial charge in [0.2, 0.25) is 0 Å². The van der Waals surface area contributed by atoms with Crippen LogP contribution in [0.2, 0.25) is 0 Å². The van der Waals surface area contributed by atoms with Gasteiger partial charge in [-0.15, -0.1) is 0 Å². The van der Waals surface area contributed by atoms with E-state index in [0.29, 0.717) is 17.3 Å². The van der Waals surface area contributed by atoms with Crippen LogP contribution in [-0.4, -0.2) is 0 Å². The Labute approximate surface area is 85.6 Å². The van der Waals surface area contributed by atoms with E-state index in [-0.39, 0.29) is 0 Å². The molecule has 0 radical (unpaired) electrons.